The molecule has 4 nitrogen and oxygen atoms in total. The van der Waals surface area contributed by atoms with Gasteiger partial charge in [-0.15, -0.1) is 0 Å². The van der Waals surface area contributed by atoms with Crippen LogP contribution in [0.2, 0.25) is 0 Å². The van der Waals surface area contributed by atoms with Crippen LogP contribution < -0.4 is 5.32 Å². The molecule has 0 fully saturated rings. The molecule has 0 radical (unpaired) electrons. The van der Waals surface area contributed by atoms with E-state index in [0.717, 1.165) is 16.7 Å². The molecule has 1 aromatic heterocycles. The Morgan fingerprint density at radius 2 is 2.10 bits per heavy atom. The van der Waals surface area contributed by atoms with Gasteiger partial charge in [-0.05, 0) is 35.7 Å². The number of sulfone groups is 1. The number of nitrogens with one attached hydrogen (secondary N) is 1. The number of nitrogens with zero attached hydrogens (tertiary/aromatic N) is 1. The Hall–Kier alpha value is -1.72. The van der Waals surface area contributed by atoms with Crippen LogP contribution in [0, 0.1) is 6.92 Å². The van der Waals surface area contributed by atoms with Gasteiger partial charge >= 0.3 is 0 Å². The van der Waals surface area contributed by atoms with E-state index >= 15 is 0 Å². The maximum absolute atomic E-state index is 12.1. The second kappa shape index (κ2) is 5.00. The van der Waals surface area contributed by atoms with Crippen LogP contribution in [0.15, 0.2) is 47.6 Å². The Morgan fingerprint density at radius 3 is 2.90 bits per heavy atom. The lowest BCUT2D eigenvalue weighted by molar-refractivity contribution is 0.565. The quantitative estimate of drug-likeness (QED) is 0.938. The average Bonchev–Trinajstić information content (AvgIpc) is 2.70. The van der Waals surface area contributed by atoms with E-state index in [1.165, 1.54) is 0 Å². The Bertz CT molecular complexity index is 741. The minimum atomic E-state index is -3.15. The number of pyridine rings is 1. The van der Waals surface area contributed by atoms with E-state index in [1.54, 1.807) is 18.3 Å². The van der Waals surface area contributed by atoms with Crippen molar-refractivity contribution in [2.24, 2.45) is 0 Å². The second-order valence-corrected chi connectivity index (χ2v) is 7.06. The molecule has 2 heterocycles. The molecule has 0 amide bonds. The maximum atomic E-state index is 12.1. The van der Waals surface area contributed by atoms with E-state index in [2.05, 4.69) is 10.3 Å². The molecule has 1 aromatic carbocycles. The number of fused-ring (bicyclic) bond motifs is 1. The Labute approximate surface area is 118 Å². The summed E-state index contributed by atoms with van der Waals surface area (Å²) in [7, 11) is -3.15. The summed E-state index contributed by atoms with van der Waals surface area (Å²) in [5.74, 6) is 0.131. The third kappa shape index (κ3) is 2.34. The highest BCUT2D eigenvalue weighted by Gasteiger charge is 2.33. The summed E-state index contributed by atoms with van der Waals surface area (Å²) in [4.78, 5) is 4.56. The van der Waals surface area contributed by atoms with Gasteiger partial charge in [-0.25, -0.2) is 8.42 Å². The van der Waals surface area contributed by atoms with Crippen LogP contribution in [-0.4, -0.2) is 19.2 Å². The fraction of sp³-hybridized carbons (Fsp3) is 0.267. The SMILES string of the molecule is Cc1ccncc1CNC1CS(=O)(=O)c2ccccc21. The summed E-state index contributed by atoms with van der Waals surface area (Å²) in [6.45, 7) is 2.65. The summed E-state index contributed by atoms with van der Waals surface area (Å²) < 4.78 is 24.2. The predicted molar refractivity (Wildman–Crippen MR) is 77.0 cm³/mol. The first kappa shape index (κ1) is 13.3. The van der Waals surface area contributed by atoms with E-state index in [9.17, 15) is 8.42 Å². The van der Waals surface area contributed by atoms with Gasteiger partial charge in [0.1, 0.15) is 0 Å². The predicted octanol–water partition coefficient (Wildman–Crippen LogP) is 2.01. The summed E-state index contributed by atoms with van der Waals surface area (Å²) in [6, 6.07) is 9.02. The molecular formula is C15H16N2O2S. The summed E-state index contributed by atoms with van der Waals surface area (Å²) in [5.41, 5.74) is 3.12. The zero-order valence-corrected chi connectivity index (χ0v) is 12.0. The fourth-order valence-electron chi connectivity index (χ4n) is 2.53. The van der Waals surface area contributed by atoms with Gasteiger partial charge in [0.05, 0.1) is 10.6 Å². The average molecular weight is 288 g/mol. The van der Waals surface area contributed by atoms with Gasteiger partial charge < -0.3 is 5.32 Å². The van der Waals surface area contributed by atoms with E-state index in [-0.39, 0.29) is 11.8 Å². The highest BCUT2D eigenvalue weighted by molar-refractivity contribution is 7.91. The number of rotatable bonds is 3. The standard InChI is InChI=1S/C15H16N2O2S/c1-11-6-7-16-8-12(11)9-17-14-10-20(18,19)15-5-3-2-4-13(14)15/h2-8,14,17H,9-10H2,1H3. The zero-order valence-electron chi connectivity index (χ0n) is 11.2. The summed E-state index contributed by atoms with van der Waals surface area (Å²) in [5, 5.41) is 3.33. The summed E-state index contributed by atoms with van der Waals surface area (Å²) in [6.07, 6.45) is 3.58. The Balaban J connectivity index is 1.82. The van der Waals surface area contributed by atoms with Gasteiger partial charge in [0, 0.05) is 25.0 Å². The zero-order chi connectivity index (χ0) is 14.2. The van der Waals surface area contributed by atoms with Gasteiger partial charge in [-0.1, -0.05) is 18.2 Å². The minimum absolute atomic E-state index is 0.131. The fourth-order valence-corrected chi connectivity index (χ4v) is 4.31. The van der Waals surface area contributed by atoms with Crippen molar-refractivity contribution in [2.45, 2.75) is 24.4 Å². The molecule has 2 aromatic rings. The molecule has 1 aliphatic rings. The van der Waals surface area contributed by atoms with Crippen LogP contribution >= 0.6 is 0 Å². The molecule has 1 unspecified atom stereocenters. The topological polar surface area (TPSA) is 59.1 Å². The highest BCUT2D eigenvalue weighted by atomic mass is 32.2. The molecule has 3 rings (SSSR count). The maximum Gasteiger partial charge on any atom is 0.180 e. The first-order valence-electron chi connectivity index (χ1n) is 6.52. The molecule has 0 saturated heterocycles. The molecule has 1 aliphatic heterocycles. The van der Waals surface area contributed by atoms with Crippen molar-refractivity contribution in [1.29, 1.82) is 0 Å². The van der Waals surface area contributed by atoms with Gasteiger partial charge in [0.15, 0.2) is 9.84 Å². The smallest absolute Gasteiger partial charge is 0.180 e. The van der Waals surface area contributed by atoms with Gasteiger partial charge in [0.25, 0.3) is 0 Å². The van der Waals surface area contributed by atoms with Crippen LogP contribution in [0.4, 0.5) is 0 Å². The third-order valence-electron chi connectivity index (χ3n) is 3.70. The Kier molecular flexibility index (Phi) is 3.31. The largest absolute Gasteiger partial charge is 0.305 e. The van der Waals surface area contributed by atoms with Crippen molar-refractivity contribution in [1.82, 2.24) is 10.3 Å². The van der Waals surface area contributed by atoms with E-state index in [0.29, 0.717) is 11.4 Å². The second-order valence-electron chi connectivity index (χ2n) is 5.05. The molecule has 1 atom stereocenters. The lowest BCUT2D eigenvalue weighted by atomic mass is 10.1. The van der Waals surface area contributed by atoms with Crippen LogP contribution in [0.3, 0.4) is 0 Å². The third-order valence-corrected chi connectivity index (χ3v) is 5.52. The van der Waals surface area contributed by atoms with Crippen molar-refractivity contribution < 1.29 is 8.42 Å². The summed E-state index contributed by atoms with van der Waals surface area (Å²) >= 11 is 0. The van der Waals surface area contributed by atoms with Crippen molar-refractivity contribution >= 4 is 9.84 Å². The molecule has 1 N–H and O–H groups in total. The molecule has 0 bridgehead atoms. The van der Waals surface area contributed by atoms with E-state index in [4.69, 9.17) is 0 Å². The lowest BCUT2D eigenvalue weighted by Gasteiger charge is -2.13. The number of aromatic nitrogens is 1. The van der Waals surface area contributed by atoms with Crippen molar-refractivity contribution in [3.8, 4) is 0 Å². The number of hydrogen-bond donors (Lipinski definition) is 1. The monoisotopic (exact) mass is 288 g/mol. The van der Waals surface area contributed by atoms with Gasteiger partial charge in [-0.2, -0.15) is 0 Å². The van der Waals surface area contributed by atoms with E-state index < -0.39 is 9.84 Å². The normalized spacial score (nSPS) is 19.8. The molecule has 5 heteroatoms. The van der Waals surface area contributed by atoms with Crippen molar-refractivity contribution in [3.63, 3.8) is 0 Å². The molecule has 0 spiro atoms. The number of hydrogen-bond acceptors (Lipinski definition) is 4. The van der Waals surface area contributed by atoms with Crippen molar-refractivity contribution in [2.75, 3.05) is 5.75 Å². The first-order chi connectivity index (χ1) is 9.58. The lowest BCUT2D eigenvalue weighted by Crippen LogP contribution is -2.22. The number of aryl methyl sites for hydroxylation is 1. The highest BCUT2D eigenvalue weighted by Crippen LogP contribution is 2.33. The van der Waals surface area contributed by atoms with Crippen LogP contribution in [0.1, 0.15) is 22.7 Å². The van der Waals surface area contributed by atoms with Gasteiger partial charge in [-0.3, -0.25) is 4.98 Å². The number of benzene rings is 1. The van der Waals surface area contributed by atoms with Gasteiger partial charge in [0.2, 0.25) is 0 Å². The molecule has 104 valence electrons. The molecule has 0 saturated carbocycles. The van der Waals surface area contributed by atoms with Crippen LogP contribution in [0.5, 0.6) is 0 Å². The van der Waals surface area contributed by atoms with E-state index in [1.807, 2.05) is 31.3 Å². The molecule has 20 heavy (non-hydrogen) atoms. The van der Waals surface area contributed by atoms with Crippen LogP contribution in [0.25, 0.3) is 0 Å². The Morgan fingerprint density at radius 1 is 1.30 bits per heavy atom. The molecular weight excluding hydrogens is 272 g/mol. The molecule has 0 aliphatic carbocycles. The minimum Gasteiger partial charge on any atom is -0.305 e. The van der Waals surface area contributed by atoms with Crippen molar-refractivity contribution in [3.05, 3.63) is 59.4 Å². The first-order valence-corrected chi connectivity index (χ1v) is 8.18. The van der Waals surface area contributed by atoms with Crippen LogP contribution in [-0.2, 0) is 16.4 Å².